The third kappa shape index (κ3) is 6.50. The summed E-state index contributed by atoms with van der Waals surface area (Å²) >= 11 is 0. The lowest BCUT2D eigenvalue weighted by molar-refractivity contribution is -0.123. The molecule has 0 radical (unpaired) electrons. The van der Waals surface area contributed by atoms with Crippen LogP contribution in [0.1, 0.15) is 27.2 Å². The van der Waals surface area contributed by atoms with E-state index in [0.29, 0.717) is 0 Å². The molecule has 23 heavy (non-hydrogen) atoms. The Balaban J connectivity index is 2.61. The topological polar surface area (TPSA) is 79.5 Å². The first-order chi connectivity index (χ1) is 10.8. The van der Waals surface area contributed by atoms with Gasteiger partial charge in [-0.15, -0.1) is 0 Å². The van der Waals surface area contributed by atoms with Gasteiger partial charge in [-0.2, -0.15) is 8.78 Å². The van der Waals surface area contributed by atoms with Crippen LogP contribution in [0.5, 0.6) is 5.75 Å². The molecule has 0 saturated heterocycles. The van der Waals surface area contributed by atoms with Gasteiger partial charge < -0.3 is 20.7 Å². The lowest BCUT2D eigenvalue weighted by atomic mass is 10.2. The molecule has 3 amide bonds. The lowest BCUT2D eigenvalue weighted by Crippen LogP contribution is -2.48. The van der Waals surface area contributed by atoms with Gasteiger partial charge in [-0.25, -0.2) is 4.79 Å². The van der Waals surface area contributed by atoms with Crippen molar-refractivity contribution >= 4 is 17.6 Å². The van der Waals surface area contributed by atoms with E-state index in [1.165, 1.54) is 25.1 Å². The fraction of sp³-hybridized carbons (Fsp3) is 0.467. The normalized spacial score (nSPS) is 13.1. The average molecular weight is 329 g/mol. The molecule has 1 rings (SSSR count). The molecule has 1 aromatic rings. The smallest absolute Gasteiger partial charge is 0.387 e. The Morgan fingerprint density at radius 3 is 2.43 bits per heavy atom. The van der Waals surface area contributed by atoms with Crippen molar-refractivity contribution in [2.75, 3.05) is 5.32 Å². The monoisotopic (exact) mass is 329 g/mol. The fourth-order valence-electron chi connectivity index (χ4n) is 1.66. The number of carbonyl (C=O) groups is 2. The van der Waals surface area contributed by atoms with E-state index in [2.05, 4.69) is 20.7 Å². The number of anilines is 1. The molecular formula is C15H21F2N3O3. The van der Waals surface area contributed by atoms with Crippen molar-refractivity contribution in [1.29, 1.82) is 0 Å². The van der Waals surface area contributed by atoms with Crippen LogP contribution < -0.4 is 20.7 Å². The van der Waals surface area contributed by atoms with E-state index in [9.17, 15) is 18.4 Å². The molecule has 128 valence electrons. The SMILES string of the molecule is CC[C@H](C)NC(=O)[C@@H](C)NC(=O)Nc1ccccc1OC(F)F. The van der Waals surface area contributed by atoms with Crippen LogP contribution in [0, 0.1) is 0 Å². The summed E-state index contributed by atoms with van der Waals surface area (Å²) in [6.07, 6.45) is 0.767. The highest BCUT2D eigenvalue weighted by atomic mass is 19.3. The quantitative estimate of drug-likeness (QED) is 0.719. The van der Waals surface area contributed by atoms with Crippen LogP contribution in [0.25, 0.3) is 0 Å². The third-order valence-corrected chi connectivity index (χ3v) is 3.09. The summed E-state index contributed by atoms with van der Waals surface area (Å²) in [5.41, 5.74) is 0.0832. The van der Waals surface area contributed by atoms with Crippen molar-refractivity contribution in [1.82, 2.24) is 10.6 Å². The Bertz CT molecular complexity index is 540. The Labute approximate surface area is 133 Å². The molecule has 0 heterocycles. The number of hydrogen-bond acceptors (Lipinski definition) is 3. The second kappa shape index (κ2) is 8.92. The highest BCUT2D eigenvalue weighted by Gasteiger charge is 2.18. The molecule has 0 fully saturated rings. The predicted molar refractivity (Wildman–Crippen MR) is 82.6 cm³/mol. The van der Waals surface area contributed by atoms with Gasteiger partial charge in [-0.05, 0) is 32.4 Å². The number of hydrogen-bond donors (Lipinski definition) is 3. The first-order valence-corrected chi connectivity index (χ1v) is 7.25. The summed E-state index contributed by atoms with van der Waals surface area (Å²) in [5.74, 6) is -0.485. The summed E-state index contributed by atoms with van der Waals surface area (Å²) in [7, 11) is 0. The molecule has 3 N–H and O–H groups in total. The van der Waals surface area contributed by atoms with Crippen molar-refractivity contribution in [3.63, 3.8) is 0 Å². The second-order valence-electron chi connectivity index (χ2n) is 5.01. The number of carbonyl (C=O) groups excluding carboxylic acids is 2. The number of rotatable bonds is 7. The predicted octanol–water partition coefficient (Wildman–Crippen LogP) is 2.71. The Hall–Kier alpha value is -2.38. The Morgan fingerprint density at radius 1 is 1.17 bits per heavy atom. The zero-order valence-corrected chi connectivity index (χ0v) is 13.2. The number of halogens is 2. The summed E-state index contributed by atoms with van der Waals surface area (Å²) in [6.45, 7) is 2.30. The number of nitrogens with one attached hydrogen (secondary N) is 3. The van der Waals surface area contributed by atoms with Crippen LogP contribution in [-0.2, 0) is 4.79 Å². The van der Waals surface area contributed by atoms with Gasteiger partial charge in [-0.1, -0.05) is 19.1 Å². The molecular weight excluding hydrogens is 308 g/mol. The van der Waals surface area contributed by atoms with E-state index in [1.807, 2.05) is 13.8 Å². The van der Waals surface area contributed by atoms with Gasteiger partial charge >= 0.3 is 12.6 Å². The van der Waals surface area contributed by atoms with E-state index in [1.54, 1.807) is 6.07 Å². The minimum atomic E-state index is -3.00. The summed E-state index contributed by atoms with van der Waals surface area (Å²) < 4.78 is 28.9. The minimum Gasteiger partial charge on any atom is -0.433 e. The Kier molecular flexibility index (Phi) is 7.24. The van der Waals surface area contributed by atoms with E-state index < -0.39 is 18.7 Å². The van der Waals surface area contributed by atoms with Crippen molar-refractivity contribution < 1.29 is 23.1 Å². The first-order valence-electron chi connectivity index (χ1n) is 7.25. The molecule has 0 aliphatic rings. The van der Waals surface area contributed by atoms with Gasteiger partial charge in [0.2, 0.25) is 5.91 Å². The number of urea groups is 1. The fourth-order valence-corrected chi connectivity index (χ4v) is 1.66. The number of benzene rings is 1. The molecule has 0 aromatic heterocycles. The maximum absolute atomic E-state index is 12.3. The Morgan fingerprint density at radius 2 is 1.83 bits per heavy atom. The number of ether oxygens (including phenoxy) is 1. The second-order valence-corrected chi connectivity index (χ2v) is 5.01. The molecule has 2 atom stereocenters. The van der Waals surface area contributed by atoms with Crippen LogP contribution in [0.2, 0.25) is 0 Å². The van der Waals surface area contributed by atoms with E-state index in [-0.39, 0.29) is 23.4 Å². The summed E-state index contributed by atoms with van der Waals surface area (Å²) in [5, 5.41) is 7.54. The van der Waals surface area contributed by atoms with Gasteiger partial charge in [0.05, 0.1) is 5.69 Å². The van der Waals surface area contributed by atoms with Gasteiger partial charge in [-0.3, -0.25) is 4.79 Å². The lowest BCUT2D eigenvalue weighted by Gasteiger charge is -2.18. The zero-order chi connectivity index (χ0) is 17.4. The highest BCUT2D eigenvalue weighted by molar-refractivity contribution is 5.94. The van der Waals surface area contributed by atoms with E-state index >= 15 is 0 Å². The summed E-state index contributed by atoms with van der Waals surface area (Å²) in [6, 6.07) is 4.32. The van der Waals surface area contributed by atoms with E-state index in [4.69, 9.17) is 0 Å². The standard InChI is InChI=1S/C15H21F2N3O3/c1-4-9(2)18-13(21)10(3)19-15(22)20-11-7-5-6-8-12(11)23-14(16)17/h5-10,14H,4H2,1-3H3,(H,18,21)(H2,19,20,22)/t9-,10+/m0/s1. The van der Waals surface area contributed by atoms with Gasteiger partial charge in [0, 0.05) is 6.04 Å². The molecule has 0 bridgehead atoms. The largest absolute Gasteiger partial charge is 0.433 e. The van der Waals surface area contributed by atoms with E-state index in [0.717, 1.165) is 6.42 Å². The summed E-state index contributed by atoms with van der Waals surface area (Å²) in [4.78, 5) is 23.7. The van der Waals surface area contributed by atoms with Crippen LogP contribution in [0.15, 0.2) is 24.3 Å². The van der Waals surface area contributed by atoms with Crippen LogP contribution in [-0.4, -0.2) is 30.6 Å². The molecule has 0 unspecified atom stereocenters. The molecule has 0 saturated carbocycles. The first kappa shape index (κ1) is 18.7. The molecule has 0 aliphatic heterocycles. The number of alkyl halides is 2. The minimum absolute atomic E-state index is 0.00465. The maximum Gasteiger partial charge on any atom is 0.387 e. The zero-order valence-electron chi connectivity index (χ0n) is 13.2. The van der Waals surface area contributed by atoms with Crippen molar-refractivity contribution in [3.8, 4) is 5.75 Å². The van der Waals surface area contributed by atoms with Gasteiger partial charge in [0.1, 0.15) is 11.8 Å². The van der Waals surface area contributed by atoms with Crippen molar-refractivity contribution in [2.24, 2.45) is 0 Å². The number of para-hydroxylation sites is 2. The third-order valence-electron chi connectivity index (χ3n) is 3.09. The highest BCUT2D eigenvalue weighted by Crippen LogP contribution is 2.25. The number of amides is 3. The van der Waals surface area contributed by atoms with Gasteiger partial charge in [0.15, 0.2) is 0 Å². The van der Waals surface area contributed by atoms with Crippen molar-refractivity contribution in [2.45, 2.75) is 45.9 Å². The average Bonchev–Trinajstić information content (AvgIpc) is 2.48. The van der Waals surface area contributed by atoms with Gasteiger partial charge in [0.25, 0.3) is 0 Å². The van der Waals surface area contributed by atoms with Crippen molar-refractivity contribution in [3.05, 3.63) is 24.3 Å². The molecule has 0 spiro atoms. The van der Waals surface area contributed by atoms with Crippen LogP contribution in [0.4, 0.5) is 19.3 Å². The maximum atomic E-state index is 12.3. The van der Waals surface area contributed by atoms with Crippen LogP contribution >= 0.6 is 0 Å². The molecule has 6 nitrogen and oxygen atoms in total. The van der Waals surface area contributed by atoms with Crippen LogP contribution in [0.3, 0.4) is 0 Å². The molecule has 1 aromatic carbocycles. The molecule has 0 aliphatic carbocycles. The molecule has 8 heteroatoms.